The van der Waals surface area contributed by atoms with Crippen LogP contribution in [-0.4, -0.2) is 63.4 Å². The monoisotopic (exact) mass is 375 g/mol. The van der Waals surface area contributed by atoms with Gasteiger partial charge in [0, 0.05) is 33.5 Å². The standard InChI is InChI=1S/C19H29N5O3/c1-20-19(21-10-4-12-27-14-13-25-2)22-15-16-9-11-24(23-16)17-5-7-18(26-3)8-6-17/h5-9,11H,4,10,12-15H2,1-3H3,(H2,20,21,22). The second-order valence-corrected chi connectivity index (χ2v) is 5.76. The fraction of sp³-hybridized carbons (Fsp3) is 0.474. The highest BCUT2D eigenvalue weighted by Crippen LogP contribution is 2.14. The van der Waals surface area contributed by atoms with Crippen molar-refractivity contribution in [3.05, 3.63) is 42.2 Å². The summed E-state index contributed by atoms with van der Waals surface area (Å²) < 4.78 is 17.4. The van der Waals surface area contributed by atoms with Crippen LogP contribution in [0, 0.1) is 0 Å². The highest BCUT2D eigenvalue weighted by atomic mass is 16.5. The molecule has 1 aromatic carbocycles. The molecule has 0 aliphatic carbocycles. The molecule has 0 radical (unpaired) electrons. The van der Waals surface area contributed by atoms with E-state index in [1.165, 1.54) is 0 Å². The van der Waals surface area contributed by atoms with Crippen LogP contribution in [0.5, 0.6) is 5.75 Å². The van der Waals surface area contributed by atoms with E-state index in [1.807, 2.05) is 41.2 Å². The second kappa shape index (κ2) is 11.9. The van der Waals surface area contributed by atoms with Crippen molar-refractivity contribution in [1.29, 1.82) is 0 Å². The largest absolute Gasteiger partial charge is 0.497 e. The molecule has 0 aliphatic rings. The second-order valence-electron chi connectivity index (χ2n) is 5.76. The highest BCUT2D eigenvalue weighted by molar-refractivity contribution is 5.79. The third-order valence-corrected chi connectivity index (χ3v) is 3.83. The molecule has 1 aromatic heterocycles. The Morgan fingerprint density at radius 1 is 1.07 bits per heavy atom. The zero-order valence-electron chi connectivity index (χ0n) is 16.3. The summed E-state index contributed by atoms with van der Waals surface area (Å²) in [6, 6.07) is 9.75. The van der Waals surface area contributed by atoms with Crippen LogP contribution >= 0.6 is 0 Å². The van der Waals surface area contributed by atoms with Gasteiger partial charge >= 0.3 is 0 Å². The molecule has 0 atom stereocenters. The summed E-state index contributed by atoms with van der Waals surface area (Å²) in [6.45, 7) is 3.32. The minimum atomic E-state index is 0.590. The Bertz CT molecular complexity index is 685. The van der Waals surface area contributed by atoms with Crippen LogP contribution in [-0.2, 0) is 16.0 Å². The minimum Gasteiger partial charge on any atom is -0.497 e. The molecule has 2 rings (SSSR count). The first-order chi connectivity index (χ1) is 13.3. The van der Waals surface area contributed by atoms with E-state index >= 15 is 0 Å². The lowest BCUT2D eigenvalue weighted by Gasteiger charge is -2.11. The van der Waals surface area contributed by atoms with Crippen molar-refractivity contribution in [2.75, 3.05) is 47.6 Å². The number of aromatic nitrogens is 2. The highest BCUT2D eigenvalue weighted by Gasteiger charge is 2.03. The molecule has 8 heteroatoms. The SMILES string of the molecule is CN=C(NCCCOCCOC)NCc1ccn(-c2ccc(OC)cc2)n1. The Morgan fingerprint density at radius 2 is 1.89 bits per heavy atom. The van der Waals surface area contributed by atoms with Gasteiger partial charge in [-0.25, -0.2) is 4.68 Å². The Labute approximate surface area is 160 Å². The number of nitrogens with one attached hydrogen (secondary N) is 2. The van der Waals surface area contributed by atoms with Crippen molar-refractivity contribution >= 4 is 5.96 Å². The smallest absolute Gasteiger partial charge is 0.191 e. The lowest BCUT2D eigenvalue weighted by molar-refractivity contribution is 0.0698. The van der Waals surface area contributed by atoms with E-state index in [-0.39, 0.29) is 0 Å². The first kappa shape index (κ1) is 20.7. The maximum atomic E-state index is 5.43. The van der Waals surface area contributed by atoms with Crippen LogP contribution < -0.4 is 15.4 Å². The first-order valence-corrected chi connectivity index (χ1v) is 8.97. The zero-order valence-corrected chi connectivity index (χ0v) is 16.3. The molecule has 1 heterocycles. The summed E-state index contributed by atoms with van der Waals surface area (Å²) in [5, 5.41) is 11.1. The molecule has 2 N–H and O–H groups in total. The van der Waals surface area contributed by atoms with E-state index in [1.54, 1.807) is 21.3 Å². The number of nitrogens with zero attached hydrogens (tertiary/aromatic N) is 3. The molecule has 0 saturated carbocycles. The summed E-state index contributed by atoms with van der Waals surface area (Å²) in [5.41, 5.74) is 1.91. The van der Waals surface area contributed by atoms with E-state index in [0.29, 0.717) is 26.4 Å². The Morgan fingerprint density at radius 3 is 2.59 bits per heavy atom. The lowest BCUT2D eigenvalue weighted by atomic mass is 10.3. The van der Waals surface area contributed by atoms with Gasteiger partial charge in [-0.2, -0.15) is 5.10 Å². The van der Waals surface area contributed by atoms with E-state index in [9.17, 15) is 0 Å². The lowest BCUT2D eigenvalue weighted by Crippen LogP contribution is -2.37. The third kappa shape index (κ3) is 7.28. The number of methoxy groups -OCH3 is 2. The fourth-order valence-electron chi connectivity index (χ4n) is 2.35. The molecule has 2 aromatic rings. The number of hydrogen-bond acceptors (Lipinski definition) is 5. The maximum Gasteiger partial charge on any atom is 0.191 e. The van der Waals surface area contributed by atoms with Gasteiger partial charge in [0.2, 0.25) is 0 Å². The van der Waals surface area contributed by atoms with Crippen LogP contribution in [0.2, 0.25) is 0 Å². The predicted molar refractivity (Wildman–Crippen MR) is 106 cm³/mol. The molecule has 27 heavy (non-hydrogen) atoms. The summed E-state index contributed by atoms with van der Waals surface area (Å²) in [4.78, 5) is 4.22. The fourth-order valence-corrected chi connectivity index (χ4v) is 2.35. The number of hydrogen-bond donors (Lipinski definition) is 2. The summed E-state index contributed by atoms with van der Waals surface area (Å²) in [7, 11) is 5.07. The number of ether oxygens (including phenoxy) is 3. The quantitative estimate of drug-likeness (QED) is 0.353. The maximum absolute atomic E-state index is 5.43. The van der Waals surface area contributed by atoms with Crippen molar-refractivity contribution in [2.24, 2.45) is 4.99 Å². The molecule has 0 bridgehead atoms. The molecule has 0 saturated heterocycles. The molecule has 0 unspecified atom stereocenters. The Kier molecular flexibility index (Phi) is 9.15. The molecular formula is C19H29N5O3. The van der Waals surface area contributed by atoms with Gasteiger partial charge in [-0.1, -0.05) is 0 Å². The molecule has 0 aliphatic heterocycles. The third-order valence-electron chi connectivity index (χ3n) is 3.83. The van der Waals surface area contributed by atoms with Gasteiger partial charge in [-0.15, -0.1) is 0 Å². The van der Waals surface area contributed by atoms with E-state index < -0.39 is 0 Å². The average Bonchev–Trinajstić information content (AvgIpc) is 3.18. The first-order valence-electron chi connectivity index (χ1n) is 8.97. The molecule has 0 fully saturated rings. The van der Waals surface area contributed by atoms with E-state index in [0.717, 1.165) is 36.1 Å². The van der Waals surface area contributed by atoms with Gasteiger partial charge in [-0.05, 0) is 36.8 Å². The van der Waals surface area contributed by atoms with Crippen LogP contribution in [0.4, 0.5) is 0 Å². The average molecular weight is 375 g/mol. The Balaban J connectivity index is 1.72. The molecule has 148 valence electrons. The minimum absolute atomic E-state index is 0.590. The van der Waals surface area contributed by atoms with Gasteiger partial charge < -0.3 is 24.8 Å². The molecule has 0 amide bonds. The summed E-state index contributed by atoms with van der Waals surface area (Å²) in [6.07, 6.45) is 2.84. The van der Waals surface area contributed by atoms with E-state index in [2.05, 4.69) is 20.7 Å². The van der Waals surface area contributed by atoms with Crippen molar-refractivity contribution in [3.63, 3.8) is 0 Å². The van der Waals surface area contributed by atoms with Crippen LogP contribution in [0.25, 0.3) is 5.69 Å². The molecule has 8 nitrogen and oxygen atoms in total. The van der Waals surface area contributed by atoms with Crippen LogP contribution in [0.15, 0.2) is 41.5 Å². The molecule has 0 spiro atoms. The van der Waals surface area contributed by atoms with Gasteiger partial charge in [0.1, 0.15) is 5.75 Å². The van der Waals surface area contributed by atoms with Crippen molar-refractivity contribution in [2.45, 2.75) is 13.0 Å². The number of rotatable bonds is 11. The van der Waals surface area contributed by atoms with Crippen molar-refractivity contribution in [3.8, 4) is 11.4 Å². The van der Waals surface area contributed by atoms with Gasteiger partial charge in [0.25, 0.3) is 0 Å². The van der Waals surface area contributed by atoms with Crippen LogP contribution in [0.3, 0.4) is 0 Å². The van der Waals surface area contributed by atoms with Crippen molar-refractivity contribution < 1.29 is 14.2 Å². The molecular weight excluding hydrogens is 346 g/mol. The van der Waals surface area contributed by atoms with Gasteiger partial charge in [0.05, 0.1) is 38.2 Å². The predicted octanol–water partition coefficient (Wildman–Crippen LogP) is 1.60. The van der Waals surface area contributed by atoms with Crippen molar-refractivity contribution in [1.82, 2.24) is 20.4 Å². The zero-order chi connectivity index (χ0) is 19.3. The summed E-state index contributed by atoms with van der Waals surface area (Å²) in [5.74, 6) is 1.57. The van der Waals surface area contributed by atoms with Gasteiger partial charge in [0.15, 0.2) is 5.96 Å². The normalized spacial score (nSPS) is 11.4. The van der Waals surface area contributed by atoms with Crippen LogP contribution in [0.1, 0.15) is 12.1 Å². The van der Waals surface area contributed by atoms with E-state index in [4.69, 9.17) is 14.2 Å². The number of guanidine groups is 1. The Hall–Kier alpha value is -2.58. The summed E-state index contributed by atoms with van der Waals surface area (Å²) >= 11 is 0. The number of aliphatic imine (C=N–C) groups is 1. The number of benzene rings is 1. The van der Waals surface area contributed by atoms with Gasteiger partial charge in [-0.3, -0.25) is 4.99 Å². The topological polar surface area (TPSA) is 81.9 Å².